The number of benzene rings is 2. The molecule has 1 N–H and O–H groups in total. The summed E-state index contributed by atoms with van der Waals surface area (Å²) >= 11 is 0. The summed E-state index contributed by atoms with van der Waals surface area (Å²) in [5, 5.41) is 9.14. The van der Waals surface area contributed by atoms with E-state index in [1.807, 2.05) is 0 Å². The number of rotatable bonds is 4. The second-order valence-corrected chi connectivity index (χ2v) is 7.28. The normalized spacial score (nSPS) is 18.4. The van der Waals surface area contributed by atoms with Gasteiger partial charge in [-0.15, -0.1) is 13.2 Å². The molecule has 26 heavy (non-hydrogen) atoms. The number of halogens is 3. The lowest BCUT2D eigenvalue weighted by Crippen LogP contribution is -2.29. The molecule has 10 heteroatoms. The third-order valence-corrected chi connectivity index (χ3v) is 5.70. The first-order valence-electron chi connectivity index (χ1n) is 7.30. The molecule has 2 aromatic carbocycles. The average Bonchev–Trinajstić information content (AvgIpc) is 2.75. The second-order valence-electron chi connectivity index (χ2n) is 5.49. The molecule has 0 aromatic heterocycles. The van der Waals surface area contributed by atoms with Crippen molar-refractivity contribution < 1.29 is 36.2 Å². The average molecular weight is 387 g/mol. The van der Waals surface area contributed by atoms with Gasteiger partial charge in [0.1, 0.15) is 5.75 Å². The number of carbonyl (C=O) groups is 1. The number of carboxylic acid groups (broad SMARTS) is 1. The molecule has 1 aliphatic rings. The van der Waals surface area contributed by atoms with Gasteiger partial charge in [-0.3, -0.25) is 9.10 Å². The van der Waals surface area contributed by atoms with Crippen LogP contribution in [-0.4, -0.2) is 25.9 Å². The first-order valence-corrected chi connectivity index (χ1v) is 8.74. The lowest BCUT2D eigenvalue weighted by molar-refractivity contribution is -0.274. The van der Waals surface area contributed by atoms with Crippen molar-refractivity contribution in [2.24, 2.45) is 0 Å². The first kappa shape index (κ1) is 18.1. The van der Waals surface area contributed by atoms with Gasteiger partial charge in [-0.2, -0.15) is 0 Å². The summed E-state index contributed by atoms with van der Waals surface area (Å²) in [4.78, 5) is 11.2. The number of anilines is 1. The lowest BCUT2D eigenvalue weighted by Gasteiger charge is -2.24. The van der Waals surface area contributed by atoms with Crippen LogP contribution in [0.1, 0.15) is 18.0 Å². The van der Waals surface area contributed by atoms with Gasteiger partial charge in [0.25, 0.3) is 10.0 Å². The summed E-state index contributed by atoms with van der Waals surface area (Å²) in [6, 6.07) is 9.20. The molecule has 0 spiro atoms. The number of ether oxygens (including phenoxy) is 1. The van der Waals surface area contributed by atoms with Crippen molar-refractivity contribution in [2.45, 2.75) is 23.7 Å². The van der Waals surface area contributed by atoms with E-state index in [1.54, 1.807) is 6.07 Å². The van der Waals surface area contributed by atoms with Crippen molar-refractivity contribution in [2.75, 3.05) is 4.31 Å². The number of hydrogen-bond donors (Lipinski definition) is 1. The fourth-order valence-corrected chi connectivity index (χ4v) is 4.75. The van der Waals surface area contributed by atoms with E-state index in [4.69, 9.17) is 5.11 Å². The van der Waals surface area contributed by atoms with Gasteiger partial charge in [0.15, 0.2) is 0 Å². The molecule has 3 rings (SSSR count). The Balaban J connectivity index is 2.03. The van der Waals surface area contributed by atoms with Crippen LogP contribution in [0.25, 0.3) is 0 Å². The highest BCUT2D eigenvalue weighted by Crippen LogP contribution is 2.44. The van der Waals surface area contributed by atoms with Gasteiger partial charge < -0.3 is 9.84 Å². The molecule has 0 saturated heterocycles. The molecule has 0 aliphatic carbocycles. The van der Waals surface area contributed by atoms with E-state index in [0.29, 0.717) is 5.56 Å². The molecular formula is C16H12F3NO5S. The fraction of sp³-hybridized carbons (Fsp3) is 0.188. The molecule has 0 amide bonds. The molecule has 1 aliphatic heterocycles. The minimum atomic E-state index is -4.87. The third-order valence-electron chi connectivity index (χ3n) is 3.79. The Labute approximate surface area is 146 Å². The number of aliphatic carboxylic acids is 1. The zero-order valence-corrected chi connectivity index (χ0v) is 13.8. The summed E-state index contributed by atoms with van der Waals surface area (Å²) in [5.41, 5.74) is 0.368. The summed E-state index contributed by atoms with van der Waals surface area (Å²) in [5.74, 6) is -1.71. The van der Waals surface area contributed by atoms with Crippen LogP contribution in [0.2, 0.25) is 0 Å². The molecule has 6 nitrogen and oxygen atoms in total. The van der Waals surface area contributed by atoms with Crippen molar-refractivity contribution in [3.8, 4) is 5.75 Å². The highest BCUT2D eigenvalue weighted by Gasteiger charge is 2.43. The number of fused-ring (bicyclic) bond motifs is 1. The smallest absolute Gasteiger partial charge is 0.481 e. The maximum Gasteiger partial charge on any atom is 0.573 e. The number of alkyl halides is 3. The van der Waals surface area contributed by atoms with Crippen LogP contribution in [0, 0.1) is 0 Å². The van der Waals surface area contributed by atoms with Crippen LogP contribution in [0.15, 0.2) is 53.4 Å². The molecule has 0 fully saturated rings. The van der Waals surface area contributed by atoms with Gasteiger partial charge in [-0.1, -0.05) is 18.2 Å². The summed E-state index contributed by atoms with van der Waals surface area (Å²) in [6.07, 6.45) is -5.36. The summed E-state index contributed by atoms with van der Waals surface area (Å²) in [6.45, 7) is 0. The molecule has 2 aromatic rings. The van der Waals surface area contributed by atoms with Crippen molar-refractivity contribution in [1.82, 2.24) is 0 Å². The monoisotopic (exact) mass is 387 g/mol. The Morgan fingerprint density at radius 2 is 1.73 bits per heavy atom. The van der Waals surface area contributed by atoms with Crippen molar-refractivity contribution in [3.63, 3.8) is 0 Å². The predicted molar refractivity (Wildman–Crippen MR) is 84.2 cm³/mol. The molecule has 1 heterocycles. The molecule has 0 radical (unpaired) electrons. The van der Waals surface area contributed by atoms with E-state index in [-0.39, 0.29) is 10.6 Å². The molecule has 138 valence electrons. The van der Waals surface area contributed by atoms with Crippen LogP contribution in [0.5, 0.6) is 5.75 Å². The van der Waals surface area contributed by atoms with Gasteiger partial charge in [0.05, 0.1) is 23.0 Å². The van der Waals surface area contributed by atoms with E-state index in [0.717, 1.165) is 28.6 Å². The molecule has 0 bridgehead atoms. The summed E-state index contributed by atoms with van der Waals surface area (Å²) < 4.78 is 67.1. The van der Waals surface area contributed by atoms with E-state index in [2.05, 4.69) is 4.74 Å². The zero-order valence-electron chi connectivity index (χ0n) is 13.0. The lowest BCUT2D eigenvalue weighted by atomic mass is 10.0. The van der Waals surface area contributed by atoms with Gasteiger partial charge in [-0.05, 0) is 35.9 Å². The van der Waals surface area contributed by atoms with Gasteiger partial charge >= 0.3 is 12.3 Å². The summed E-state index contributed by atoms with van der Waals surface area (Å²) in [7, 11) is -4.04. The quantitative estimate of drug-likeness (QED) is 0.870. The topological polar surface area (TPSA) is 83.9 Å². The molecule has 1 atom stereocenters. The number of hydrogen-bond acceptors (Lipinski definition) is 4. The number of carboxylic acids is 1. The molecule has 0 saturated carbocycles. The van der Waals surface area contributed by atoms with E-state index in [9.17, 15) is 26.4 Å². The van der Waals surface area contributed by atoms with Crippen LogP contribution in [0.4, 0.5) is 18.9 Å². The van der Waals surface area contributed by atoms with Crippen molar-refractivity contribution >= 4 is 21.7 Å². The predicted octanol–water partition coefficient (Wildman–Crippen LogP) is 3.31. The fourth-order valence-electron chi connectivity index (χ4n) is 2.86. The Morgan fingerprint density at radius 3 is 2.31 bits per heavy atom. The van der Waals surface area contributed by atoms with Crippen molar-refractivity contribution in [1.29, 1.82) is 0 Å². The second kappa shape index (κ2) is 6.20. The Hall–Kier alpha value is -2.75. The van der Waals surface area contributed by atoms with Crippen molar-refractivity contribution in [3.05, 3.63) is 54.1 Å². The van der Waals surface area contributed by atoms with E-state index >= 15 is 0 Å². The number of sulfonamides is 1. The SMILES string of the molecule is O=C(O)CC1c2ccccc2S(=O)(=O)N1c1ccc(OC(F)(F)F)cc1. The van der Waals surface area contributed by atoms with Crippen LogP contribution in [-0.2, 0) is 14.8 Å². The Morgan fingerprint density at radius 1 is 1.12 bits per heavy atom. The van der Waals surface area contributed by atoms with E-state index < -0.39 is 40.6 Å². The van der Waals surface area contributed by atoms with Crippen LogP contribution < -0.4 is 9.04 Å². The Kier molecular flexibility index (Phi) is 4.31. The maximum atomic E-state index is 12.8. The largest absolute Gasteiger partial charge is 0.573 e. The standard InChI is InChI=1S/C16H12F3NO5S/c17-16(18,19)25-11-7-5-10(6-8-11)20-13(9-15(21)22)12-3-1-2-4-14(12)26(20,23)24/h1-8,13H,9H2,(H,21,22). The number of nitrogens with zero attached hydrogens (tertiary/aromatic N) is 1. The molecule has 1 unspecified atom stereocenters. The Bertz CT molecular complexity index is 941. The minimum absolute atomic E-state index is 0.0260. The van der Waals surface area contributed by atoms with Gasteiger partial charge in [-0.25, -0.2) is 8.42 Å². The minimum Gasteiger partial charge on any atom is -0.481 e. The highest BCUT2D eigenvalue weighted by molar-refractivity contribution is 7.93. The van der Waals surface area contributed by atoms with Crippen LogP contribution >= 0.6 is 0 Å². The maximum absolute atomic E-state index is 12.8. The van der Waals surface area contributed by atoms with E-state index in [1.165, 1.54) is 18.2 Å². The van der Waals surface area contributed by atoms with Gasteiger partial charge in [0.2, 0.25) is 0 Å². The van der Waals surface area contributed by atoms with Crippen LogP contribution in [0.3, 0.4) is 0 Å². The zero-order chi connectivity index (χ0) is 19.1. The third kappa shape index (κ3) is 3.32. The first-order chi connectivity index (χ1) is 12.1. The molecular weight excluding hydrogens is 375 g/mol. The van der Waals surface area contributed by atoms with Gasteiger partial charge in [0, 0.05) is 0 Å². The highest BCUT2D eigenvalue weighted by atomic mass is 32.2.